The number of unbranched alkanes of at least 4 members (excludes halogenated alkanes) is 1. The van der Waals surface area contributed by atoms with Crippen molar-refractivity contribution in [2.75, 3.05) is 13.2 Å². The molecular weight excluding hydrogens is 293 g/mol. The van der Waals surface area contributed by atoms with Gasteiger partial charge in [-0.05, 0) is 49.8 Å². The number of ether oxygens (including phenoxy) is 1. The highest BCUT2D eigenvalue weighted by atomic mass is 35.5. The molecule has 1 aromatic carbocycles. The molecule has 1 amide bonds. The van der Waals surface area contributed by atoms with Gasteiger partial charge in [0, 0.05) is 18.2 Å². The lowest BCUT2D eigenvalue weighted by molar-refractivity contribution is -0.120. The van der Waals surface area contributed by atoms with Crippen molar-refractivity contribution in [2.24, 2.45) is 0 Å². The summed E-state index contributed by atoms with van der Waals surface area (Å²) in [4.78, 5) is 11.8. The van der Waals surface area contributed by atoms with Crippen LogP contribution in [0.1, 0.15) is 37.7 Å². The number of amides is 1. The van der Waals surface area contributed by atoms with Gasteiger partial charge in [-0.2, -0.15) is 0 Å². The lowest BCUT2D eigenvalue weighted by atomic mass is 10.1. The number of carbonyl (C=O) groups is 1. The van der Waals surface area contributed by atoms with E-state index in [0.29, 0.717) is 23.2 Å². The predicted octanol–water partition coefficient (Wildman–Crippen LogP) is 3.49. The van der Waals surface area contributed by atoms with Crippen LogP contribution in [-0.4, -0.2) is 25.2 Å². The Morgan fingerprint density at radius 2 is 2.29 bits per heavy atom. The van der Waals surface area contributed by atoms with E-state index in [9.17, 15) is 9.18 Å². The smallest absolute Gasteiger partial charge is 0.224 e. The summed E-state index contributed by atoms with van der Waals surface area (Å²) in [6.45, 7) is 1.55. The van der Waals surface area contributed by atoms with Gasteiger partial charge in [0.1, 0.15) is 5.82 Å². The summed E-state index contributed by atoms with van der Waals surface area (Å²) < 4.78 is 18.5. The lowest BCUT2D eigenvalue weighted by Gasteiger charge is -2.09. The zero-order chi connectivity index (χ0) is 15.1. The molecule has 2 rings (SSSR count). The third-order valence-corrected chi connectivity index (χ3v) is 4.02. The number of halogens is 2. The first kappa shape index (κ1) is 16.2. The molecule has 1 heterocycles. The van der Waals surface area contributed by atoms with Crippen LogP contribution >= 0.6 is 11.6 Å². The molecule has 1 saturated heterocycles. The second-order valence-electron chi connectivity index (χ2n) is 5.39. The van der Waals surface area contributed by atoms with E-state index in [4.69, 9.17) is 16.3 Å². The molecule has 1 atom stereocenters. The fourth-order valence-corrected chi connectivity index (χ4v) is 2.73. The van der Waals surface area contributed by atoms with Gasteiger partial charge in [-0.25, -0.2) is 4.39 Å². The average Bonchev–Trinajstić information content (AvgIpc) is 2.95. The van der Waals surface area contributed by atoms with Crippen molar-refractivity contribution in [1.29, 1.82) is 0 Å². The highest BCUT2D eigenvalue weighted by Crippen LogP contribution is 2.18. The minimum atomic E-state index is -0.390. The molecule has 1 aliphatic heterocycles. The largest absolute Gasteiger partial charge is 0.378 e. The number of hydrogen-bond donors (Lipinski definition) is 1. The van der Waals surface area contributed by atoms with Gasteiger partial charge in [-0.3, -0.25) is 4.79 Å². The second-order valence-corrected chi connectivity index (χ2v) is 5.80. The maximum absolute atomic E-state index is 12.9. The summed E-state index contributed by atoms with van der Waals surface area (Å²) in [6, 6.07) is 4.09. The Morgan fingerprint density at radius 1 is 1.43 bits per heavy atom. The minimum Gasteiger partial charge on any atom is -0.378 e. The van der Waals surface area contributed by atoms with Crippen molar-refractivity contribution in [2.45, 2.75) is 44.6 Å². The number of rotatable bonds is 7. The van der Waals surface area contributed by atoms with E-state index >= 15 is 0 Å². The van der Waals surface area contributed by atoms with Crippen molar-refractivity contribution in [1.82, 2.24) is 5.32 Å². The highest BCUT2D eigenvalue weighted by molar-refractivity contribution is 6.31. The van der Waals surface area contributed by atoms with E-state index in [1.807, 2.05) is 0 Å². The van der Waals surface area contributed by atoms with Crippen LogP contribution in [0, 0.1) is 5.82 Å². The summed E-state index contributed by atoms with van der Waals surface area (Å²) in [5, 5.41) is 3.16. The topological polar surface area (TPSA) is 38.3 Å². The van der Waals surface area contributed by atoms with Crippen molar-refractivity contribution in [3.63, 3.8) is 0 Å². The van der Waals surface area contributed by atoms with E-state index in [1.54, 1.807) is 6.07 Å². The molecule has 0 saturated carbocycles. The Bertz CT molecular complexity index is 475. The molecule has 0 aliphatic carbocycles. The van der Waals surface area contributed by atoms with Crippen molar-refractivity contribution >= 4 is 17.5 Å². The molecule has 0 aromatic heterocycles. The third kappa shape index (κ3) is 5.64. The molecule has 1 N–H and O–H groups in total. The molecule has 1 aromatic rings. The molecule has 116 valence electrons. The van der Waals surface area contributed by atoms with E-state index in [2.05, 4.69) is 5.32 Å². The lowest BCUT2D eigenvalue weighted by Crippen LogP contribution is -2.26. The predicted molar refractivity (Wildman–Crippen MR) is 80.9 cm³/mol. The molecule has 5 heteroatoms. The van der Waals surface area contributed by atoms with Gasteiger partial charge in [-0.1, -0.05) is 17.7 Å². The Hall–Kier alpha value is -1.13. The zero-order valence-corrected chi connectivity index (χ0v) is 12.8. The van der Waals surface area contributed by atoms with Crippen LogP contribution in [-0.2, 0) is 16.0 Å². The van der Waals surface area contributed by atoms with E-state index in [0.717, 1.165) is 32.3 Å². The summed E-state index contributed by atoms with van der Waals surface area (Å²) in [6.07, 6.45) is 6.00. The first-order valence-corrected chi connectivity index (χ1v) is 7.85. The van der Waals surface area contributed by atoms with Crippen molar-refractivity contribution in [3.05, 3.63) is 34.6 Å². The van der Waals surface area contributed by atoms with Crippen molar-refractivity contribution in [3.8, 4) is 0 Å². The Kier molecular flexibility index (Phi) is 6.46. The van der Waals surface area contributed by atoms with Crippen LogP contribution < -0.4 is 5.32 Å². The first-order valence-electron chi connectivity index (χ1n) is 7.47. The first-order chi connectivity index (χ1) is 10.1. The number of carbonyl (C=O) groups excluding carboxylic acids is 1. The second kappa shape index (κ2) is 8.35. The molecule has 0 unspecified atom stereocenters. The third-order valence-electron chi connectivity index (χ3n) is 3.67. The Morgan fingerprint density at radius 3 is 3.00 bits per heavy atom. The molecule has 21 heavy (non-hydrogen) atoms. The Labute approximate surface area is 129 Å². The van der Waals surface area contributed by atoms with Gasteiger partial charge in [0.05, 0.1) is 12.5 Å². The SMILES string of the molecule is O=C(Cc1ccc(F)cc1Cl)NCCCC[C@@H]1CCCO1. The maximum Gasteiger partial charge on any atom is 0.224 e. The maximum atomic E-state index is 12.9. The molecule has 0 radical (unpaired) electrons. The van der Waals surface area contributed by atoms with E-state index in [-0.39, 0.29) is 12.3 Å². The van der Waals surface area contributed by atoms with Crippen molar-refractivity contribution < 1.29 is 13.9 Å². The minimum absolute atomic E-state index is 0.0828. The van der Waals surface area contributed by atoms with Crippen LogP contribution in [0.15, 0.2) is 18.2 Å². The molecule has 3 nitrogen and oxygen atoms in total. The molecule has 0 bridgehead atoms. The van der Waals surface area contributed by atoms with Gasteiger partial charge in [0.2, 0.25) is 5.91 Å². The van der Waals surface area contributed by atoms with Gasteiger partial charge in [-0.15, -0.1) is 0 Å². The van der Waals surface area contributed by atoms with Gasteiger partial charge < -0.3 is 10.1 Å². The summed E-state index contributed by atoms with van der Waals surface area (Å²) in [7, 11) is 0. The van der Waals surface area contributed by atoms with Gasteiger partial charge >= 0.3 is 0 Å². The van der Waals surface area contributed by atoms with Crippen LogP contribution in [0.2, 0.25) is 5.02 Å². The molecule has 1 aliphatic rings. The number of benzene rings is 1. The molecular formula is C16H21ClFNO2. The summed E-state index contributed by atoms with van der Waals surface area (Å²) in [5.41, 5.74) is 0.648. The standard InChI is InChI=1S/C16H21ClFNO2/c17-15-11-13(18)7-6-12(15)10-16(20)19-8-2-1-4-14-5-3-9-21-14/h6-7,11,14H,1-5,8-10H2,(H,19,20)/t14-/m1/s1. The summed E-state index contributed by atoms with van der Waals surface area (Å²) in [5.74, 6) is -0.473. The number of nitrogens with one attached hydrogen (secondary N) is 1. The van der Waals surface area contributed by atoms with E-state index in [1.165, 1.54) is 18.6 Å². The monoisotopic (exact) mass is 313 g/mol. The van der Waals surface area contributed by atoms with Crippen LogP contribution in [0.25, 0.3) is 0 Å². The zero-order valence-electron chi connectivity index (χ0n) is 12.0. The molecule has 1 fully saturated rings. The fraction of sp³-hybridized carbons (Fsp3) is 0.562. The van der Waals surface area contributed by atoms with Crippen LogP contribution in [0.3, 0.4) is 0 Å². The quantitative estimate of drug-likeness (QED) is 0.783. The number of hydrogen-bond acceptors (Lipinski definition) is 2. The normalized spacial score (nSPS) is 17.9. The van der Waals surface area contributed by atoms with Gasteiger partial charge in [0.15, 0.2) is 0 Å². The van der Waals surface area contributed by atoms with E-state index < -0.39 is 5.82 Å². The average molecular weight is 314 g/mol. The van der Waals surface area contributed by atoms with Crippen LogP contribution in [0.5, 0.6) is 0 Å². The van der Waals surface area contributed by atoms with Crippen LogP contribution in [0.4, 0.5) is 4.39 Å². The summed E-state index contributed by atoms with van der Waals surface area (Å²) >= 11 is 5.90. The highest BCUT2D eigenvalue weighted by Gasteiger charge is 2.14. The fourth-order valence-electron chi connectivity index (χ4n) is 2.50. The Balaban J connectivity index is 1.60. The van der Waals surface area contributed by atoms with Gasteiger partial charge in [0.25, 0.3) is 0 Å². The molecule has 0 spiro atoms.